The Labute approximate surface area is 235 Å². The zero-order valence-corrected chi connectivity index (χ0v) is 22.1. The van der Waals surface area contributed by atoms with E-state index in [1.165, 1.54) is 32.6 Å². The number of benzene rings is 6. The fraction of sp³-hybridized carbons (Fsp3) is 0. The first kappa shape index (κ1) is 22.2. The highest BCUT2D eigenvalue weighted by atomic mass is 15.2. The van der Waals surface area contributed by atoms with Gasteiger partial charge in [0.05, 0.1) is 33.1 Å². The predicted molar refractivity (Wildman–Crippen MR) is 170 cm³/mol. The Bertz CT molecular complexity index is 2410. The van der Waals surface area contributed by atoms with Gasteiger partial charge in [0.15, 0.2) is 0 Å². The second-order valence-corrected chi connectivity index (χ2v) is 10.5. The van der Waals surface area contributed by atoms with E-state index in [2.05, 4.69) is 159 Å². The van der Waals surface area contributed by atoms with Gasteiger partial charge in [0, 0.05) is 32.9 Å². The van der Waals surface area contributed by atoms with Crippen LogP contribution in [0.25, 0.3) is 72.0 Å². The predicted octanol–water partition coefficient (Wildman–Crippen LogP) is 9.22. The molecular weight excluding hydrogens is 500 g/mol. The lowest BCUT2D eigenvalue weighted by molar-refractivity contribution is 0.956. The molecule has 0 radical (unpaired) electrons. The Morgan fingerprint density at radius 1 is 0.341 bits per heavy atom. The van der Waals surface area contributed by atoms with Gasteiger partial charge in [-0.3, -0.25) is 9.13 Å². The highest BCUT2D eigenvalue weighted by Crippen LogP contribution is 2.40. The van der Waals surface area contributed by atoms with Crippen LogP contribution in [-0.4, -0.2) is 18.7 Å². The number of nitrogens with zero attached hydrogens (tertiary/aromatic N) is 4. The van der Waals surface area contributed by atoms with E-state index in [-0.39, 0.29) is 0 Å². The van der Waals surface area contributed by atoms with Crippen molar-refractivity contribution < 1.29 is 0 Å². The molecule has 0 N–H and O–H groups in total. The maximum Gasteiger partial charge on any atom is 0.220 e. The summed E-state index contributed by atoms with van der Waals surface area (Å²) in [6.45, 7) is 0. The molecule has 0 saturated carbocycles. The third-order valence-electron chi connectivity index (χ3n) is 8.24. The van der Waals surface area contributed by atoms with Gasteiger partial charge in [0.1, 0.15) is 0 Å². The molecule has 3 aromatic heterocycles. The Balaban J connectivity index is 1.48. The van der Waals surface area contributed by atoms with Crippen LogP contribution in [0.1, 0.15) is 0 Å². The van der Waals surface area contributed by atoms with Crippen molar-refractivity contribution in [2.24, 2.45) is 0 Å². The van der Waals surface area contributed by atoms with Crippen molar-refractivity contribution in [2.75, 3.05) is 0 Å². The molecule has 6 aromatic carbocycles. The van der Waals surface area contributed by atoms with Crippen molar-refractivity contribution in [1.82, 2.24) is 18.7 Å². The van der Waals surface area contributed by atoms with Crippen molar-refractivity contribution in [1.29, 1.82) is 0 Å². The standard InChI is InChI=1S/C37H24N4/c1-3-13-25(14-4-1)39-32-20-10-7-17-27(32)29-23-30-28-18-8-11-21-33(28)41(36(30)24-35(29)39)37-38-31-19-9-12-22-34(31)40(37)26-15-5-2-6-16-26/h1-24H. The molecule has 0 atom stereocenters. The van der Waals surface area contributed by atoms with Gasteiger partial charge < -0.3 is 4.57 Å². The maximum absolute atomic E-state index is 5.25. The van der Waals surface area contributed by atoms with E-state index in [9.17, 15) is 0 Å². The van der Waals surface area contributed by atoms with Gasteiger partial charge in [-0.15, -0.1) is 0 Å². The molecule has 9 rings (SSSR count). The quantitative estimate of drug-likeness (QED) is 0.226. The molecule has 4 heteroatoms. The topological polar surface area (TPSA) is 27.7 Å². The number of rotatable bonds is 3. The molecule has 0 unspecified atom stereocenters. The van der Waals surface area contributed by atoms with Crippen LogP contribution in [0.2, 0.25) is 0 Å². The minimum Gasteiger partial charge on any atom is -0.309 e. The number of aromatic nitrogens is 4. The molecule has 192 valence electrons. The lowest BCUT2D eigenvalue weighted by atomic mass is 10.1. The molecule has 9 aromatic rings. The van der Waals surface area contributed by atoms with E-state index in [0.29, 0.717) is 0 Å². The van der Waals surface area contributed by atoms with Crippen molar-refractivity contribution in [3.8, 4) is 17.3 Å². The summed E-state index contributed by atoms with van der Waals surface area (Å²) in [7, 11) is 0. The highest BCUT2D eigenvalue weighted by molar-refractivity contribution is 6.19. The molecule has 0 saturated heterocycles. The molecular formula is C37H24N4. The van der Waals surface area contributed by atoms with Gasteiger partial charge in [0.25, 0.3) is 0 Å². The summed E-state index contributed by atoms with van der Waals surface area (Å²) in [5.74, 6) is 0.880. The molecule has 41 heavy (non-hydrogen) atoms. The lowest BCUT2D eigenvalue weighted by Gasteiger charge is -2.13. The van der Waals surface area contributed by atoms with Crippen LogP contribution >= 0.6 is 0 Å². The summed E-state index contributed by atoms with van der Waals surface area (Å²) in [5.41, 5.74) is 8.93. The molecule has 0 bridgehead atoms. The fourth-order valence-electron chi connectivity index (χ4n) is 6.50. The number of hydrogen-bond donors (Lipinski definition) is 0. The smallest absolute Gasteiger partial charge is 0.220 e. The van der Waals surface area contributed by atoms with Crippen molar-refractivity contribution in [3.63, 3.8) is 0 Å². The zero-order valence-electron chi connectivity index (χ0n) is 22.1. The summed E-state index contributed by atoms with van der Waals surface area (Å²) in [6, 6.07) is 51.7. The lowest BCUT2D eigenvalue weighted by Crippen LogP contribution is -2.05. The van der Waals surface area contributed by atoms with Crippen LogP contribution in [0, 0.1) is 0 Å². The highest BCUT2D eigenvalue weighted by Gasteiger charge is 2.22. The second-order valence-electron chi connectivity index (χ2n) is 10.5. The van der Waals surface area contributed by atoms with Gasteiger partial charge in [0.2, 0.25) is 5.95 Å². The van der Waals surface area contributed by atoms with Gasteiger partial charge >= 0.3 is 0 Å². The Morgan fingerprint density at radius 2 is 0.829 bits per heavy atom. The van der Waals surface area contributed by atoms with Gasteiger partial charge in [-0.05, 0) is 60.7 Å². The molecule has 3 heterocycles. The average molecular weight is 525 g/mol. The Morgan fingerprint density at radius 3 is 1.49 bits per heavy atom. The molecule has 0 aliphatic heterocycles. The third kappa shape index (κ3) is 3.13. The minimum atomic E-state index is 0.880. The Kier molecular flexibility index (Phi) is 4.58. The van der Waals surface area contributed by atoms with E-state index in [4.69, 9.17) is 4.98 Å². The normalized spacial score (nSPS) is 11.9. The molecule has 0 fully saturated rings. The van der Waals surface area contributed by atoms with Gasteiger partial charge in [-0.1, -0.05) is 84.9 Å². The third-order valence-corrected chi connectivity index (χ3v) is 8.24. The molecule has 0 aliphatic carbocycles. The summed E-state index contributed by atoms with van der Waals surface area (Å²) in [5, 5.41) is 4.93. The van der Waals surface area contributed by atoms with Crippen molar-refractivity contribution in [3.05, 3.63) is 146 Å². The molecule has 0 amide bonds. The first-order chi connectivity index (χ1) is 20.4. The number of fused-ring (bicyclic) bond motifs is 7. The van der Waals surface area contributed by atoms with Crippen LogP contribution in [0.3, 0.4) is 0 Å². The van der Waals surface area contributed by atoms with E-state index in [0.717, 1.165) is 39.4 Å². The summed E-state index contributed by atoms with van der Waals surface area (Å²) >= 11 is 0. The first-order valence-corrected chi connectivity index (χ1v) is 13.9. The maximum atomic E-state index is 5.25. The Hall–Kier alpha value is -5.61. The van der Waals surface area contributed by atoms with Crippen molar-refractivity contribution >= 4 is 54.6 Å². The van der Waals surface area contributed by atoms with Crippen molar-refractivity contribution in [2.45, 2.75) is 0 Å². The second kappa shape index (κ2) is 8.44. The fourth-order valence-corrected chi connectivity index (χ4v) is 6.50. The molecule has 0 aliphatic rings. The van der Waals surface area contributed by atoms with Crippen LogP contribution in [0.15, 0.2) is 146 Å². The number of imidazole rings is 1. The van der Waals surface area contributed by atoms with Crippen LogP contribution in [-0.2, 0) is 0 Å². The molecule has 4 nitrogen and oxygen atoms in total. The molecule has 0 spiro atoms. The summed E-state index contributed by atoms with van der Waals surface area (Å²) in [4.78, 5) is 5.25. The number of para-hydroxylation sites is 6. The summed E-state index contributed by atoms with van der Waals surface area (Å²) in [6.07, 6.45) is 0. The van der Waals surface area contributed by atoms with E-state index < -0.39 is 0 Å². The van der Waals surface area contributed by atoms with Gasteiger partial charge in [-0.25, -0.2) is 4.98 Å². The summed E-state index contributed by atoms with van der Waals surface area (Å²) < 4.78 is 6.99. The van der Waals surface area contributed by atoms with Gasteiger partial charge in [-0.2, -0.15) is 0 Å². The van der Waals surface area contributed by atoms with Crippen LogP contribution in [0.4, 0.5) is 0 Å². The van der Waals surface area contributed by atoms with E-state index >= 15 is 0 Å². The minimum absolute atomic E-state index is 0.880. The SMILES string of the molecule is c1ccc(-n2c(-n3c4ccccc4c4cc5c6ccccc6n(-c6ccccc6)c5cc43)nc3ccccc32)cc1. The number of hydrogen-bond acceptors (Lipinski definition) is 1. The monoisotopic (exact) mass is 524 g/mol. The van der Waals surface area contributed by atoms with Crippen LogP contribution in [0.5, 0.6) is 0 Å². The largest absolute Gasteiger partial charge is 0.309 e. The van der Waals surface area contributed by atoms with E-state index in [1.54, 1.807) is 0 Å². The first-order valence-electron chi connectivity index (χ1n) is 13.9. The van der Waals surface area contributed by atoms with E-state index in [1.807, 2.05) is 0 Å². The average Bonchev–Trinajstić information content (AvgIpc) is 3.68. The van der Waals surface area contributed by atoms with Crippen LogP contribution < -0.4 is 0 Å². The zero-order chi connectivity index (χ0) is 26.9.